The Balaban J connectivity index is 3.08. The summed E-state index contributed by atoms with van der Waals surface area (Å²) in [5.74, 6) is 0.743. The normalized spacial score (nSPS) is 13.5. The van der Waals surface area contributed by atoms with Gasteiger partial charge in [0, 0.05) is 19.1 Å². The lowest BCUT2D eigenvalue weighted by Gasteiger charge is -2.27. The number of aliphatic hydroxyl groups excluding tert-OH is 1. The Morgan fingerprint density at radius 1 is 1.22 bits per heavy atom. The molecule has 1 unspecified atom stereocenters. The highest BCUT2D eigenvalue weighted by Gasteiger charge is 2.25. The Labute approximate surface area is 110 Å². The van der Waals surface area contributed by atoms with Gasteiger partial charge in [-0.1, -0.05) is 6.07 Å². The van der Waals surface area contributed by atoms with Crippen LogP contribution in [0.5, 0.6) is 5.75 Å². The van der Waals surface area contributed by atoms with Gasteiger partial charge in [0.1, 0.15) is 5.75 Å². The van der Waals surface area contributed by atoms with E-state index in [1.165, 1.54) is 0 Å². The van der Waals surface area contributed by atoms with Crippen molar-refractivity contribution >= 4 is 0 Å². The van der Waals surface area contributed by atoms with Gasteiger partial charge in [-0.05, 0) is 44.9 Å². The van der Waals surface area contributed by atoms with Crippen molar-refractivity contribution in [2.24, 2.45) is 0 Å². The summed E-state index contributed by atoms with van der Waals surface area (Å²) in [5, 5.41) is 10.4. The van der Waals surface area contributed by atoms with Gasteiger partial charge in [-0.25, -0.2) is 0 Å². The quantitative estimate of drug-likeness (QED) is 0.875. The molecule has 0 saturated carbocycles. The van der Waals surface area contributed by atoms with Gasteiger partial charge >= 0.3 is 0 Å². The van der Waals surface area contributed by atoms with Crippen LogP contribution in [0.4, 0.5) is 0 Å². The average Bonchev–Trinajstić information content (AvgIpc) is 2.26. The lowest BCUT2D eigenvalue weighted by molar-refractivity contribution is -0.0206. The summed E-state index contributed by atoms with van der Waals surface area (Å²) in [7, 11) is 3.29. The van der Waals surface area contributed by atoms with Gasteiger partial charge < -0.3 is 14.6 Å². The molecule has 1 atom stereocenters. The topological polar surface area (TPSA) is 38.7 Å². The maximum Gasteiger partial charge on any atom is 0.125 e. The van der Waals surface area contributed by atoms with E-state index < -0.39 is 6.10 Å². The van der Waals surface area contributed by atoms with Crippen LogP contribution in [0, 0.1) is 13.8 Å². The van der Waals surface area contributed by atoms with Gasteiger partial charge in [0.2, 0.25) is 0 Å². The molecule has 3 nitrogen and oxygen atoms in total. The molecular formula is C15H24O3. The molecule has 0 spiro atoms. The molecule has 0 saturated heterocycles. The van der Waals surface area contributed by atoms with E-state index in [9.17, 15) is 5.11 Å². The molecule has 0 aliphatic heterocycles. The van der Waals surface area contributed by atoms with Gasteiger partial charge in [-0.15, -0.1) is 0 Å². The largest absolute Gasteiger partial charge is 0.496 e. The predicted molar refractivity (Wildman–Crippen MR) is 73.1 cm³/mol. The lowest BCUT2D eigenvalue weighted by Crippen LogP contribution is -2.25. The molecule has 0 radical (unpaired) electrons. The van der Waals surface area contributed by atoms with Gasteiger partial charge in [0.25, 0.3) is 0 Å². The zero-order chi connectivity index (χ0) is 13.9. The van der Waals surface area contributed by atoms with E-state index in [-0.39, 0.29) is 5.60 Å². The molecule has 1 rings (SSSR count). The van der Waals surface area contributed by atoms with E-state index in [4.69, 9.17) is 9.47 Å². The highest BCUT2D eigenvalue weighted by molar-refractivity contribution is 5.44. The fourth-order valence-corrected chi connectivity index (χ4v) is 2.19. The molecule has 0 fully saturated rings. The van der Waals surface area contributed by atoms with E-state index >= 15 is 0 Å². The first-order valence-corrected chi connectivity index (χ1v) is 6.19. The first-order valence-electron chi connectivity index (χ1n) is 6.19. The third-order valence-corrected chi connectivity index (χ3v) is 3.28. The molecule has 1 N–H and O–H groups in total. The number of aryl methyl sites for hydroxylation is 2. The van der Waals surface area contributed by atoms with Crippen LogP contribution in [-0.4, -0.2) is 24.9 Å². The van der Waals surface area contributed by atoms with Crippen molar-refractivity contribution in [3.05, 3.63) is 28.8 Å². The fourth-order valence-electron chi connectivity index (χ4n) is 2.19. The molecule has 102 valence electrons. The van der Waals surface area contributed by atoms with E-state index in [1.54, 1.807) is 14.2 Å². The molecule has 18 heavy (non-hydrogen) atoms. The van der Waals surface area contributed by atoms with Crippen LogP contribution in [0.15, 0.2) is 12.1 Å². The summed E-state index contributed by atoms with van der Waals surface area (Å²) in [6, 6.07) is 4.01. The molecule has 0 amide bonds. The van der Waals surface area contributed by atoms with Gasteiger partial charge in [0.15, 0.2) is 0 Å². The van der Waals surface area contributed by atoms with Crippen molar-refractivity contribution in [1.29, 1.82) is 0 Å². The van der Waals surface area contributed by atoms with Crippen molar-refractivity contribution < 1.29 is 14.6 Å². The van der Waals surface area contributed by atoms with Crippen molar-refractivity contribution in [2.45, 2.75) is 45.8 Å². The molecule has 0 aromatic heterocycles. The summed E-state index contributed by atoms with van der Waals surface area (Å²) in [6.07, 6.45) is -0.0560. The van der Waals surface area contributed by atoms with Crippen LogP contribution < -0.4 is 4.74 Å². The zero-order valence-corrected chi connectivity index (χ0v) is 12.2. The molecule has 0 bridgehead atoms. The summed E-state index contributed by atoms with van der Waals surface area (Å²) in [4.78, 5) is 0. The molecule has 1 aromatic carbocycles. The molecule has 0 heterocycles. The average molecular weight is 252 g/mol. The molecule has 3 heteroatoms. The van der Waals surface area contributed by atoms with Gasteiger partial charge in [-0.3, -0.25) is 0 Å². The maximum absolute atomic E-state index is 10.4. The Morgan fingerprint density at radius 2 is 1.83 bits per heavy atom. The number of aliphatic hydroxyl groups is 1. The Kier molecular flexibility index (Phi) is 4.77. The highest BCUT2D eigenvalue weighted by atomic mass is 16.5. The monoisotopic (exact) mass is 252 g/mol. The molecule has 1 aromatic rings. The van der Waals surface area contributed by atoms with Crippen LogP contribution in [-0.2, 0) is 4.74 Å². The van der Waals surface area contributed by atoms with E-state index in [2.05, 4.69) is 6.07 Å². The molecule has 0 aliphatic rings. The van der Waals surface area contributed by atoms with Crippen LogP contribution in [0.3, 0.4) is 0 Å². The second-order valence-electron chi connectivity index (χ2n) is 5.38. The standard InChI is InChI=1S/C15H24O3/c1-10-7-11(2)14(13(8-10)17-5)12(16)9-15(3,4)18-6/h7-8,12,16H,9H2,1-6H3. The van der Waals surface area contributed by atoms with Crippen LogP contribution >= 0.6 is 0 Å². The first-order chi connectivity index (χ1) is 8.30. The van der Waals surface area contributed by atoms with Crippen LogP contribution in [0.1, 0.15) is 43.1 Å². The Morgan fingerprint density at radius 3 is 2.33 bits per heavy atom. The maximum atomic E-state index is 10.4. The Bertz CT molecular complexity index is 410. The van der Waals surface area contributed by atoms with Crippen molar-refractivity contribution in [3.63, 3.8) is 0 Å². The summed E-state index contributed by atoms with van der Waals surface area (Å²) in [6.45, 7) is 7.94. The molecular weight excluding hydrogens is 228 g/mol. The van der Waals surface area contributed by atoms with E-state index in [0.29, 0.717) is 6.42 Å². The number of benzene rings is 1. The smallest absolute Gasteiger partial charge is 0.125 e. The number of hydrogen-bond acceptors (Lipinski definition) is 3. The minimum Gasteiger partial charge on any atom is -0.496 e. The summed E-state index contributed by atoms with van der Waals surface area (Å²) < 4.78 is 10.7. The fraction of sp³-hybridized carbons (Fsp3) is 0.600. The SMILES string of the molecule is COc1cc(C)cc(C)c1C(O)CC(C)(C)OC. The van der Waals surface area contributed by atoms with Gasteiger partial charge in [-0.2, -0.15) is 0 Å². The van der Waals surface area contributed by atoms with E-state index in [1.807, 2.05) is 33.8 Å². The van der Waals surface area contributed by atoms with Crippen molar-refractivity contribution in [1.82, 2.24) is 0 Å². The lowest BCUT2D eigenvalue weighted by atomic mass is 9.92. The number of rotatable bonds is 5. The van der Waals surface area contributed by atoms with Crippen LogP contribution in [0.25, 0.3) is 0 Å². The number of methoxy groups -OCH3 is 2. The zero-order valence-electron chi connectivity index (χ0n) is 12.2. The van der Waals surface area contributed by atoms with Crippen molar-refractivity contribution in [2.75, 3.05) is 14.2 Å². The van der Waals surface area contributed by atoms with Crippen LogP contribution in [0.2, 0.25) is 0 Å². The Hall–Kier alpha value is -1.06. The number of ether oxygens (including phenoxy) is 2. The number of hydrogen-bond donors (Lipinski definition) is 1. The minimum atomic E-state index is -0.588. The second kappa shape index (κ2) is 5.72. The third-order valence-electron chi connectivity index (χ3n) is 3.28. The summed E-state index contributed by atoms with van der Waals surface area (Å²) in [5.41, 5.74) is 2.67. The highest BCUT2D eigenvalue weighted by Crippen LogP contribution is 2.34. The van der Waals surface area contributed by atoms with Gasteiger partial charge in [0.05, 0.1) is 18.8 Å². The summed E-state index contributed by atoms with van der Waals surface area (Å²) >= 11 is 0. The third kappa shape index (κ3) is 3.47. The predicted octanol–water partition coefficient (Wildman–Crippen LogP) is 3.16. The molecule has 0 aliphatic carbocycles. The second-order valence-corrected chi connectivity index (χ2v) is 5.38. The first kappa shape index (κ1) is 15.0. The van der Waals surface area contributed by atoms with Crippen molar-refractivity contribution in [3.8, 4) is 5.75 Å². The van der Waals surface area contributed by atoms with E-state index in [0.717, 1.165) is 22.4 Å². The minimum absolute atomic E-state index is 0.359.